The first kappa shape index (κ1) is 44.5. The van der Waals surface area contributed by atoms with Crippen molar-refractivity contribution in [3.63, 3.8) is 0 Å². The van der Waals surface area contributed by atoms with Crippen LogP contribution in [0.1, 0.15) is 55.7 Å². The minimum absolute atomic E-state index is 0.0255. The number of aryl methyl sites for hydroxylation is 2. The van der Waals surface area contributed by atoms with Gasteiger partial charge in [-0.3, -0.25) is 0 Å². The summed E-state index contributed by atoms with van der Waals surface area (Å²) in [5.41, 5.74) is 8.79. The van der Waals surface area contributed by atoms with E-state index in [0.29, 0.717) is 17.7 Å². The van der Waals surface area contributed by atoms with Crippen LogP contribution in [0.4, 0.5) is 0 Å². The van der Waals surface area contributed by atoms with Crippen molar-refractivity contribution < 1.29 is 9.47 Å². The molecule has 5 heteroatoms. The lowest BCUT2D eigenvalue weighted by atomic mass is 9.81. The van der Waals surface area contributed by atoms with Crippen molar-refractivity contribution in [3.05, 3.63) is 256 Å². The molecule has 0 spiro atoms. The second-order valence-electron chi connectivity index (χ2n) is 19.9. The summed E-state index contributed by atoms with van der Waals surface area (Å²) in [6.45, 7) is 7.32. The molecular weight excluding hydrogens is 859 g/mol. The third kappa shape index (κ3) is 7.32. The second kappa shape index (κ2) is 18.8. The van der Waals surface area contributed by atoms with Gasteiger partial charge in [-0.25, -0.2) is 0 Å². The van der Waals surface area contributed by atoms with Crippen molar-refractivity contribution >= 4 is 32.1 Å². The monoisotopic (exact) mass is 923 g/mol. The van der Waals surface area contributed by atoms with Gasteiger partial charge in [0, 0.05) is 23.8 Å². The van der Waals surface area contributed by atoms with Gasteiger partial charge in [0.05, 0.1) is 24.7 Å². The van der Waals surface area contributed by atoms with Crippen molar-refractivity contribution in [1.82, 2.24) is 4.90 Å². The SMILES string of the molecule is C/C=C\C=C1/COC2C(C3C=C(c4c(C)cccc4C)C=C(C4C=CCC5C4OC4=C(CCC=C4)[Si]5(c4ccccc4)c4ccccc4)N3C)=CC=CC2[Si]1(C1=CCC=CC=C1)C1C=CC=CC1. The van der Waals surface area contributed by atoms with Crippen LogP contribution in [0.3, 0.4) is 0 Å². The lowest BCUT2D eigenvalue weighted by Gasteiger charge is -2.55. The Morgan fingerprint density at radius 3 is 2.29 bits per heavy atom. The number of fused-ring (bicyclic) bond motifs is 2. The third-order valence-electron chi connectivity index (χ3n) is 16.6. The fourth-order valence-electron chi connectivity index (χ4n) is 13.7. The first-order valence-corrected chi connectivity index (χ1v) is 29.5. The van der Waals surface area contributed by atoms with Crippen LogP contribution in [-0.2, 0) is 9.47 Å². The Labute approximate surface area is 407 Å². The van der Waals surface area contributed by atoms with Gasteiger partial charge in [0.25, 0.3) is 0 Å². The number of nitrogens with zero attached hydrogens (tertiary/aromatic N) is 1. The number of hydrogen-bond donors (Lipinski definition) is 0. The Balaban J connectivity index is 1.06. The van der Waals surface area contributed by atoms with E-state index < -0.39 is 16.1 Å². The summed E-state index contributed by atoms with van der Waals surface area (Å²) in [5, 5.41) is 7.56. The molecule has 68 heavy (non-hydrogen) atoms. The lowest BCUT2D eigenvalue weighted by molar-refractivity contribution is 0.0641. The second-order valence-corrected chi connectivity index (χ2v) is 28.4. The van der Waals surface area contributed by atoms with E-state index in [0.717, 1.165) is 37.9 Å². The summed E-state index contributed by atoms with van der Waals surface area (Å²) in [4.78, 5) is 2.62. The van der Waals surface area contributed by atoms with Gasteiger partial charge in [-0.2, -0.15) is 0 Å². The number of benzene rings is 3. The number of rotatable bonds is 8. The number of likely N-dealkylation sites (N-methyl/N-ethyl adjacent to an activating group) is 1. The molecule has 0 N–H and O–H groups in total. The van der Waals surface area contributed by atoms with Gasteiger partial charge in [-0.1, -0.05) is 193 Å². The fraction of sp³-hybridized carbons (Fsp3) is 0.270. The highest BCUT2D eigenvalue weighted by molar-refractivity contribution is 7.08. The van der Waals surface area contributed by atoms with Crippen LogP contribution in [0.2, 0.25) is 16.6 Å². The van der Waals surface area contributed by atoms with E-state index in [4.69, 9.17) is 9.47 Å². The van der Waals surface area contributed by atoms with Crippen LogP contribution in [-0.4, -0.2) is 53.0 Å². The molecule has 3 heterocycles. The van der Waals surface area contributed by atoms with Crippen molar-refractivity contribution in [2.24, 2.45) is 5.92 Å². The molecule has 1 saturated heterocycles. The Morgan fingerprint density at radius 1 is 0.765 bits per heavy atom. The molecular formula is C63H65NO2Si2. The van der Waals surface area contributed by atoms with E-state index in [1.807, 2.05) is 0 Å². The number of allylic oxidation sites excluding steroid dienone is 21. The highest BCUT2D eigenvalue weighted by Gasteiger charge is 2.60. The Hall–Kier alpha value is -5.99. The van der Waals surface area contributed by atoms with E-state index in [2.05, 4.69) is 239 Å². The minimum Gasteiger partial charge on any atom is -0.490 e. The van der Waals surface area contributed by atoms with Gasteiger partial charge < -0.3 is 14.4 Å². The summed E-state index contributed by atoms with van der Waals surface area (Å²) in [7, 11) is -2.83. The first-order chi connectivity index (χ1) is 33.5. The summed E-state index contributed by atoms with van der Waals surface area (Å²) in [6.07, 6.45) is 55.3. The van der Waals surface area contributed by atoms with E-state index in [1.165, 1.54) is 54.3 Å². The van der Waals surface area contributed by atoms with Crippen molar-refractivity contribution in [1.29, 1.82) is 0 Å². The third-order valence-corrected chi connectivity index (χ3v) is 28.0. The minimum atomic E-state index is -2.61. The average Bonchev–Trinajstić information content (AvgIpc) is 3.68. The lowest BCUT2D eigenvalue weighted by Crippen LogP contribution is -2.69. The van der Waals surface area contributed by atoms with Crippen LogP contribution >= 0.6 is 0 Å². The first-order valence-electron chi connectivity index (χ1n) is 25.2. The summed E-state index contributed by atoms with van der Waals surface area (Å²) in [5.74, 6) is 1.14. The number of hydrogen-bond acceptors (Lipinski definition) is 3. The predicted octanol–water partition coefficient (Wildman–Crippen LogP) is 13.3. The van der Waals surface area contributed by atoms with E-state index >= 15 is 0 Å². The average molecular weight is 924 g/mol. The van der Waals surface area contributed by atoms with Gasteiger partial charge in [-0.15, -0.1) is 0 Å². The molecule has 11 rings (SSSR count). The molecule has 0 saturated carbocycles. The summed E-state index contributed by atoms with van der Waals surface area (Å²) < 4.78 is 15.0. The molecule has 8 atom stereocenters. The smallest absolute Gasteiger partial charge is 0.155 e. The van der Waals surface area contributed by atoms with Crippen molar-refractivity contribution in [3.8, 4) is 0 Å². The number of ether oxygens (including phenoxy) is 2. The molecule has 0 bridgehead atoms. The zero-order valence-corrected chi connectivity index (χ0v) is 42.2. The quantitative estimate of drug-likeness (QED) is 0.166. The molecule has 1 fully saturated rings. The molecule has 0 radical (unpaired) electrons. The molecule has 342 valence electrons. The topological polar surface area (TPSA) is 21.7 Å². The van der Waals surface area contributed by atoms with E-state index in [-0.39, 0.29) is 29.7 Å². The standard InChI is InChI=1S/C63H65NO2Si2/c1-5-6-27-52-44-65-62-53(36-23-40-59(62)67(52,49-30-14-9-15-31-49)48-28-12-7-8-13-29-48)55-42-47(61-45(2)25-22-26-46(61)3)43-56(64(55)4)54-37-24-41-60-63(54)66-57-38-20-21-39-58(57)68(60,50-32-16-10-17-33-50)51-34-18-11-19-35-51/h5-12,14-20,22-30,32-38,40,42-43,49,54-55,59-60,62-63H,13,21,31,39,41,44H2,1-4H3/b6-5-,52-27+. The van der Waals surface area contributed by atoms with Gasteiger partial charge in [0.2, 0.25) is 0 Å². The molecule has 8 unspecified atom stereocenters. The molecule has 3 aliphatic heterocycles. The fourth-order valence-corrected chi connectivity index (χ4v) is 26.0. The van der Waals surface area contributed by atoms with Crippen LogP contribution in [0.25, 0.3) is 5.57 Å². The van der Waals surface area contributed by atoms with Gasteiger partial charge in [0.15, 0.2) is 8.07 Å². The maximum Gasteiger partial charge on any atom is 0.155 e. The largest absolute Gasteiger partial charge is 0.490 e. The zero-order valence-electron chi connectivity index (χ0n) is 40.2. The molecule has 0 amide bonds. The van der Waals surface area contributed by atoms with Crippen LogP contribution in [0.5, 0.6) is 0 Å². The van der Waals surface area contributed by atoms with Crippen LogP contribution in [0, 0.1) is 19.8 Å². The maximum absolute atomic E-state index is 7.58. The van der Waals surface area contributed by atoms with Crippen LogP contribution < -0.4 is 10.4 Å². The van der Waals surface area contributed by atoms with Gasteiger partial charge in [-0.05, 0) is 125 Å². The predicted molar refractivity (Wildman–Crippen MR) is 290 cm³/mol. The summed E-state index contributed by atoms with van der Waals surface area (Å²) in [6, 6.07) is 29.9. The van der Waals surface area contributed by atoms with Crippen molar-refractivity contribution in [2.75, 3.05) is 13.7 Å². The molecule has 8 aliphatic rings. The highest BCUT2D eigenvalue weighted by Crippen LogP contribution is 2.57. The van der Waals surface area contributed by atoms with E-state index in [1.54, 1.807) is 5.20 Å². The Kier molecular flexibility index (Phi) is 12.3. The molecule has 3 aromatic rings. The molecule has 3 aromatic carbocycles. The Morgan fingerprint density at radius 2 is 1.54 bits per heavy atom. The molecule has 3 nitrogen and oxygen atoms in total. The van der Waals surface area contributed by atoms with Crippen molar-refractivity contribution in [2.45, 2.75) is 87.7 Å². The summed E-state index contributed by atoms with van der Waals surface area (Å²) >= 11 is 0. The van der Waals surface area contributed by atoms with Crippen LogP contribution in [0.15, 0.2) is 239 Å². The highest BCUT2D eigenvalue weighted by atomic mass is 28.3. The Bertz CT molecular complexity index is 2830. The maximum atomic E-state index is 7.58. The van der Waals surface area contributed by atoms with Gasteiger partial charge in [0.1, 0.15) is 19.9 Å². The normalized spacial score (nSPS) is 30.8. The van der Waals surface area contributed by atoms with E-state index in [9.17, 15) is 0 Å². The molecule has 0 aromatic heterocycles. The molecule has 5 aliphatic carbocycles. The zero-order chi connectivity index (χ0) is 46.2. The van der Waals surface area contributed by atoms with Gasteiger partial charge >= 0.3 is 0 Å².